The summed E-state index contributed by atoms with van der Waals surface area (Å²) in [6.07, 6.45) is -0.833. The van der Waals surface area contributed by atoms with E-state index in [1.165, 1.54) is 11.8 Å². The Morgan fingerprint density at radius 1 is 1.06 bits per heavy atom. The third-order valence-corrected chi connectivity index (χ3v) is 7.46. The number of likely N-dealkylation sites (tertiary alicyclic amines) is 2. The number of carbonyl (C=O) groups is 3. The van der Waals surface area contributed by atoms with Gasteiger partial charge in [0.05, 0.1) is 18.0 Å². The number of alkyl halides is 1. The van der Waals surface area contributed by atoms with Gasteiger partial charge in [0.1, 0.15) is 12.2 Å². The maximum absolute atomic E-state index is 14.6. The molecule has 2 heterocycles. The molecule has 2 aromatic rings. The third kappa shape index (κ3) is 5.28. The highest BCUT2D eigenvalue weighted by molar-refractivity contribution is 5.92. The molecular formula is C28H35FN4O3. The second-order valence-electron chi connectivity index (χ2n) is 10.4. The van der Waals surface area contributed by atoms with Gasteiger partial charge in [-0.3, -0.25) is 14.4 Å². The van der Waals surface area contributed by atoms with Crippen molar-refractivity contribution in [2.75, 3.05) is 19.6 Å². The molecule has 5 atom stereocenters. The zero-order valence-corrected chi connectivity index (χ0v) is 21.1. The highest BCUT2D eigenvalue weighted by Gasteiger charge is 2.49. The van der Waals surface area contributed by atoms with E-state index in [1.54, 1.807) is 11.8 Å². The molecule has 192 valence electrons. The van der Waals surface area contributed by atoms with Crippen LogP contribution in [-0.2, 0) is 14.4 Å². The zero-order valence-electron chi connectivity index (χ0n) is 21.1. The summed E-state index contributed by atoms with van der Waals surface area (Å²) < 4.78 is 14.6. The molecular weight excluding hydrogens is 459 g/mol. The number of nitrogens with two attached hydrogens (primary N) is 1. The van der Waals surface area contributed by atoms with Crippen LogP contribution >= 0.6 is 0 Å². The van der Waals surface area contributed by atoms with E-state index in [9.17, 15) is 18.8 Å². The van der Waals surface area contributed by atoms with Crippen LogP contribution in [0, 0.1) is 5.41 Å². The van der Waals surface area contributed by atoms with Gasteiger partial charge in [0.25, 0.3) is 0 Å². The van der Waals surface area contributed by atoms with Crippen LogP contribution in [-0.4, -0.2) is 59.4 Å². The lowest BCUT2D eigenvalue weighted by Gasteiger charge is -2.33. The maximum atomic E-state index is 14.6. The van der Waals surface area contributed by atoms with Crippen molar-refractivity contribution in [1.82, 2.24) is 15.1 Å². The number of halogens is 1. The molecule has 2 fully saturated rings. The summed E-state index contributed by atoms with van der Waals surface area (Å²) in [5, 5.41) is 3.08. The zero-order chi connectivity index (χ0) is 26.0. The van der Waals surface area contributed by atoms with Crippen LogP contribution in [0.25, 0.3) is 0 Å². The molecule has 0 spiro atoms. The van der Waals surface area contributed by atoms with Crippen molar-refractivity contribution >= 4 is 17.7 Å². The number of benzene rings is 2. The average Bonchev–Trinajstić information content (AvgIpc) is 3.46. The number of hydrogen-bond acceptors (Lipinski definition) is 4. The summed E-state index contributed by atoms with van der Waals surface area (Å²) in [6.45, 7) is 5.82. The smallest absolute Gasteiger partial charge is 0.243 e. The fraction of sp³-hybridized carbons (Fsp3) is 0.464. The van der Waals surface area contributed by atoms with Crippen molar-refractivity contribution < 1.29 is 18.8 Å². The molecule has 2 unspecified atom stereocenters. The first kappa shape index (κ1) is 25.8. The SMILES string of the molecule is CC(=O)N1CCC(C)(C(=O)N2C[C@H](F)C[C@H]2C(=O)N[C@@H](c2ccccc2)c2ccc(C(C)N)cc2)C1. The van der Waals surface area contributed by atoms with E-state index in [-0.39, 0.29) is 37.4 Å². The molecule has 0 radical (unpaired) electrons. The Bertz CT molecular complexity index is 1110. The van der Waals surface area contributed by atoms with Crippen molar-refractivity contribution in [3.05, 3.63) is 71.3 Å². The summed E-state index contributed by atoms with van der Waals surface area (Å²) in [7, 11) is 0. The molecule has 3 N–H and O–H groups in total. The van der Waals surface area contributed by atoms with Gasteiger partial charge in [-0.2, -0.15) is 0 Å². The molecule has 7 nitrogen and oxygen atoms in total. The minimum absolute atomic E-state index is 0.0464. The summed E-state index contributed by atoms with van der Waals surface area (Å²) in [5.74, 6) is -0.755. The largest absolute Gasteiger partial charge is 0.343 e. The topological polar surface area (TPSA) is 95.7 Å². The van der Waals surface area contributed by atoms with Crippen LogP contribution < -0.4 is 11.1 Å². The van der Waals surface area contributed by atoms with Crippen LogP contribution in [0.4, 0.5) is 4.39 Å². The molecule has 2 saturated heterocycles. The first-order valence-corrected chi connectivity index (χ1v) is 12.5. The van der Waals surface area contributed by atoms with Gasteiger partial charge in [0, 0.05) is 32.5 Å². The lowest BCUT2D eigenvalue weighted by atomic mass is 9.87. The van der Waals surface area contributed by atoms with Gasteiger partial charge in [-0.15, -0.1) is 0 Å². The van der Waals surface area contributed by atoms with Gasteiger partial charge < -0.3 is 20.9 Å². The van der Waals surface area contributed by atoms with Crippen molar-refractivity contribution in [3.63, 3.8) is 0 Å². The van der Waals surface area contributed by atoms with Gasteiger partial charge in [-0.1, -0.05) is 54.6 Å². The van der Waals surface area contributed by atoms with E-state index < -0.39 is 29.6 Å². The predicted molar refractivity (Wildman–Crippen MR) is 135 cm³/mol. The van der Waals surface area contributed by atoms with Crippen LogP contribution in [0.15, 0.2) is 54.6 Å². The number of amides is 3. The van der Waals surface area contributed by atoms with Gasteiger partial charge in [0.2, 0.25) is 17.7 Å². The quantitative estimate of drug-likeness (QED) is 0.645. The normalized spacial score (nSPS) is 25.5. The van der Waals surface area contributed by atoms with Gasteiger partial charge in [-0.05, 0) is 37.0 Å². The Labute approximate surface area is 211 Å². The molecule has 36 heavy (non-hydrogen) atoms. The van der Waals surface area contributed by atoms with E-state index in [0.717, 1.165) is 16.7 Å². The second-order valence-corrected chi connectivity index (χ2v) is 10.4. The minimum Gasteiger partial charge on any atom is -0.343 e. The molecule has 2 aromatic carbocycles. The summed E-state index contributed by atoms with van der Waals surface area (Å²) in [5.41, 5.74) is 7.89. The number of carbonyl (C=O) groups excluding carboxylic acids is 3. The van der Waals surface area contributed by atoms with Gasteiger partial charge in [-0.25, -0.2) is 4.39 Å². The molecule has 8 heteroatoms. The van der Waals surface area contributed by atoms with Gasteiger partial charge >= 0.3 is 0 Å². The van der Waals surface area contributed by atoms with Crippen LogP contribution in [0.3, 0.4) is 0 Å². The summed E-state index contributed by atoms with van der Waals surface area (Å²) >= 11 is 0. The third-order valence-electron chi connectivity index (χ3n) is 7.46. The average molecular weight is 495 g/mol. The van der Waals surface area contributed by atoms with Gasteiger partial charge in [0.15, 0.2) is 0 Å². The van der Waals surface area contributed by atoms with Crippen molar-refractivity contribution in [2.24, 2.45) is 11.1 Å². The Kier molecular flexibility index (Phi) is 7.45. The molecule has 2 aliphatic rings. The molecule has 0 saturated carbocycles. The standard InChI is InChI=1S/C28H35FN4O3/c1-18(30)20-9-11-22(12-10-20)25(21-7-5-4-6-8-21)31-26(35)24-15-23(29)16-33(24)27(36)28(3)13-14-32(17-28)19(2)34/h4-12,18,23-25H,13-17,30H2,1-3H3,(H,31,35)/t18?,23-,24+,25+,28?/m1/s1. The Morgan fingerprint density at radius 3 is 2.25 bits per heavy atom. The molecule has 2 aliphatic heterocycles. The van der Waals surface area contributed by atoms with E-state index in [1.807, 2.05) is 61.5 Å². The number of rotatable bonds is 6. The monoisotopic (exact) mass is 494 g/mol. The highest BCUT2D eigenvalue weighted by atomic mass is 19.1. The van der Waals surface area contributed by atoms with E-state index >= 15 is 0 Å². The fourth-order valence-corrected chi connectivity index (χ4v) is 5.24. The predicted octanol–water partition coefficient (Wildman–Crippen LogP) is 3.11. The Hall–Kier alpha value is -3.26. The molecule has 3 amide bonds. The molecule has 4 rings (SSSR count). The first-order valence-electron chi connectivity index (χ1n) is 12.5. The highest BCUT2D eigenvalue weighted by Crippen LogP contribution is 2.35. The van der Waals surface area contributed by atoms with Crippen LogP contribution in [0.1, 0.15) is 62.4 Å². The van der Waals surface area contributed by atoms with E-state index in [2.05, 4.69) is 5.32 Å². The first-order chi connectivity index (χ1) is 17.1. The van der Waals surface area contributed by atoms with E-state index in [0.29, 0.717) is 13.0 Å². The van der Waals surface area contributed by atoms with Crippen LogP contribution in [0.5, 0.6) is 0 Å². The number of nitrogens with zero attached hydrogens (tertiary/aromatic N) is 2. The fourth-order valence-electron chi connectivity index (χ4n) is 5.24. The summed E-state index contributed by atoms with van der Waals surface area (Å²) in [6, 6.07) is 15.8. The Morgan fingerprint density at radius 2 is 1.67 bits per heavy atom. The maximum Gasteiger partial charge on any atom is 0.243 e. The Balaban J connectivity index is 1.57. The second kappa shape index (κ2) is 10.4. The lowest BCUT2D eigenvalue weighted by Crippen LogP contribution is -2.52. The van der Waals surface area contributed by atoms with Crippen LogP contribution in [0.2, 0.25) is 0 Å². The lowest BCUT2D eigenvalue weighted by molar-refractivity contribution is -0.146. The van der Waals surface area contributed by atoms with Crippen molar-refractivity contribution in [1.29, 1.82) is 0 Å². The molecule has 0 bridgehead atoms. The number of hydrogen-bond donors (Lipinski definition) is 2. The van der Waals surface area contributed by atoms with E-state index in [4.69, 9.17) is 5.73 Å². The molecule has 0 aliphatic carbocycles. The van der Waals surface area contributed by atoms with Crippen molar-refractivity contribution in [2.45, 2.75) is 57.9 Å². The van der Waals surface area contributed by atoms with Crippen molar-refractivity contribution in [3.8, 4) is 0 Å². The number of nitrogens with one attached hydrogen (secondary N) is 1. The minimum atomic E-state index is -1.28. The molecule has 0 aromatic heterocycles. The summed E-state index contributed by atoms with van der Waals surface area (Å²) in [4.78, 5) is 42.0.